The summed E-state index contributed by atoms with van der Waals surface area (Å²) in [7, 11) is -1.14. The highest BCUT2D eigenvalue weighted by Crippen LogP contribution is 2.39. The van der Waals surface area contributed by atoms with Crippen molar-refractivity contribution in [2.24, 2.45) is 0 Å². The fourth-order valence-corrected chi connectivity index (χ4v) is 3.57. The molecule has 1 heterocycles. The third kappa shape index (κ3) is 4.85. The van der Waals surface area contributed by atoms with Gasteiger partial charge in [-0.15, -0.1) is 12.4 Å². The number of aliphatic hydroxyl groups is 1. The molecule has 10 heteroatoms. The summed E-state index contributed by atoms with van der Waals surface area (Å²) in [5.41, 5.74) is -3.43. The van der Waals surface area contributed by atoms with E-state index in [2.05, 4.69) is 10.1 Å². The molecule has 162 valence electrons. The first-order chi connectivity index (χ1) is 13.6. The van der Waals surface area contributed by atoms with Gasteiger partial charge in [-0.05, 0) is 44.2 Å². The van der Waals surface area contributed by atoms with Gasteiger partial charge in [0.25, 0.3) is 0 Å². The predicted molar refractivity (Wildman–Crippen MR) is 111 cm³/mol. The van der Waals surface area contributed by atoms with Crippen LogP contribution in [-0.2, 0) is 22.9 Å². The van der Waals surface area contributed by atoms with E-state index in [-0.39, 0.29) is 24.5 Å². The van der Waals surface area contributed by atoms with E-state index < -0.39 is 33.6 Å². The van der Waals surface area contributed by atoms with Crippen molar-refractivity contribution < 1.29 is 22.8 Å². The fourth-order valence-electron chi connectivity index (χ4n) is 3.05. The van der Waals surface area contributed by atoms with Crippen LogP contribution < -0.4 is 4.74 Å². The molecule has 1 aromatic heterocycles. The molecular weight excluding hydrogens is 436 g/mol. The van der Waals surface area contributed by atoms with Crippen LogP contribution in [0.1, 0.15) is 19.4 Å². The van der Waals surface area contributed by atoms with E-state index in [1.807, 2.05) is 0 Å². The quantitative estimate of drug-likeness (QED) is 0.588. The zero-order valence-electron chi connectivity index (χ0n) is 16.6. The van der Waals surface area contributed by atoms with Crippen LogP contribution in [0.2, 0.25) is 0 Å². The maximum atomic E-state index is 14.7. The van der Waals surface area contributed by atoms with Gasteiger partial charge in [-0.1, -0.05) is 6.07 Å². The standard InChI is InChI=1S/C20H21F2N3O3S.ClH/c1-19(2,28-15-5-7-16(8-6-15)29(3)27)20(26,11-25-13-23-12-24-25)17-9-4-14(21)10-18(17)22;/h4-10,12-13,26H,11H2,1-3H3;1H. The van der Waals surface area contributed by atoms with Crippen LogP contribution in [0.15, 0.2) is 60.0 Å². The number of rotatable bonds is 7. The van der Waals surface area contributed by atoms with Gasteiger partial charge in [-0.3, -0.25) is 4.21 Å². The molecule has 0 amide bonds. The van der Waals surface area contributed by atoms with Crippen molar-refractivity contribution in [3.63, 3.8) is 0 Å². The molecule has 0 aliphatic rings. The summed E-state index contributed by atoms with van der Waals surface area (Å²) in [6.45, 7) is 3.01. The van der Waals surface area contributed by atoms with Gasteiger partial charge in [0.2, 0.25) is 0 Å². The lowest BCUT2D eigenvalue weighted by molar-refractivity contribution is -0.135. The van der Waals surface area contributed by atoms with Crippen LogP contribution in [0.3, 0.4) is 0 Å². The Balaban J connectivity index is 0.00000320. The van der Waals surface area contributed by atoms with Gasteiger partial charge in [-0.2, -0.15) is 5.10 Å². The zero-order chi connectivity index (χ0) is 21.2. The Bertz CT molecular complexity index is 1020. The maximum Gasteiger partial charge on any atom is 0.151 e. The monoisotopic (exact) mass is 457 g/mol. The number of aromatic nitrogens is 3. The molecule has 0 saturated carbocycles. The van der Waals surface area contributed by atoms with Gasteiger partial charge >= 0.3 is 0 Å². The van der Waals surface area contributed by atoms with Crippen LogP contribution in [0, 0.1) is 11.6 Å². The molecule has 0 saturated heterocycles. The van der Waals surface area contributed by atoms with Crippen LogP contribution in [0.4, 0.5) is 8.78 Å². The summed E-state index contributed by atoms with van der Waals surface area (Å²) in [4.78, 5) is 4.47. The number of benzene rings is 2. The topological polar surface area (TPSA) is 77.2 Å². The molecule has 3 rings (SSSR count). The second-order valence-corrected chi connectivity index (χ2v) is 8.50. The molecule has 0 aliphatic carbocycles. The van der Waals surface area contributed by atoms with Crippen molar-refractivity contribution in [1.82, 2.24) is 14.8 Å². The smallest absolute Gasteiger partial charge is 0.151 e. The lowest BCUT2D eigenvalue weighted by atomic mass is 9.79. The lowest BCUT2D eigenvalue weighted by Gasteiger charge is -2.42. The largest absolute Gasteiger partial charge is 0.484 e. The molecule has 2 aromatic carbocycles. The Morgan fingerprint density at radius 2 is 1.83 bits per heavy atom. The zero-order valence-corrected chi connectivity index (χ0v) is 18.2. The maximum absolute atomic E-state index is 14.7. The molecular formula is C20H22ClF2N3O3S. The van der Waals surface area contributed by atoms with E-state index in [1.165, 1.54) is 23.4 Å². The van der Waals surface area contributed by atoms with Crippen molar-refractivity contribution in [2.75, 3.05) is 6.26 Å². The summed E-state index contributed by atoms with van der Waals surface area (Å²) in [6.07, 6.45) is 4.24. The minimum atomic E-state index is -1.93. The SMILES string of the molecule is CS(=O)c1ccc(OC(C)(C)C(O)(Cn2cncn2)c2ccc(F)cc2F)cc1.Cl. The van der Waals surface area contributed by atoms with Crippen molar-refractivity contribution in [1.29, 1.82) is 0 Å². The first-order valence-corrected chi connectivity index (χ1v) is 10.3. The summed E-state index contributed by atoms with van der Waals surface area (Å²) < 4.78 is 47.0. The summed E-state index contributed by atoms with van der Waals surface area (Å²) in [5, 5.41) is 15.6. The average molecular weight is 458 g/mol. The van der Waals surface area contributed by atoms with Crippen LogP contribution in [0.25, 0.3) is 0 Å². The Labute approximate surface area is 181 Å². The molecule has 30 heavy (non-hydrogen) atoms. The highest BCUT2D eigenvalue weighted by Gasteiger charge is 2.49. The number of hydrogen-bond acceptors (Lipinski definition) is 5. The van der Waals surface area contributed by atoms with Crippen molar-refractivity contribution in [2.45, 2.75) is 36.5 Å². The fraction of sp³-hybridized carbons (Fsp3) is 0.300. The average Bonchev–Trinajstić information content (AvgIpc) is 3.14. The lowest BCUT2D eigenvalue weighted by Crippen LogP contribution is -2.54. The van der Waals surface area contributed by atoms with Gasteiger partial charge in [0, 0.05) is 33.6 Å². The van der Waals surface area contributed by atoms with E-state index >= 15 is 0 Å². The summed E-state index contributed by atoms with van der Waals surface area (Å²) >= 11 is 0. The molecule has 2 unspecified atom stereocenters. The molecule has 0 aliphatic heterocycles. The van der Waals surface area contributed by atoms with Crippen molar-refractivity contribution in [3.05, 3.63) is 72.3 Å². The minimum absolute atomic E-state index is 0. The normalized spacial score (nSPS) is 14.5. The number of ether oxygens (including phenoxy) is 1. The molecule has 0 bridgehead atoms. The summed E-state index contributed by atoms with van der Waals surface area (Å²) in [6, 6.07) is 9.52. The Morgan fingerprint density at radius 1 is 1.17 bits per heavy atom. The first-order valence-electron chi connectivity index (χ1n) is 8.75. The molecule has 0 spiro atoms. The van der Waals surface area contributed by atoms with Gasteiger partial charge < -0.3 is 9.84 Å². The third-order valence-electron chi connectivity index (χ3n) is 4.76. The Kier molecular flexibility index (Phi) is 7.33. The van der Waals surface area contributed by atoms with Crippen molar-refractivity contribution in [3.8, 4) is 5.75 Å². The van der Waals surface area contributed by atoms with Gasteiger partial charge in [0.05, 0.1) is 6.54 Å². The van der Waals surface area contributed by atoms with Gasteiger partial charge in [0.1, 0.15) is 35.6 Å². The summed E-state index contributed by atoms with van der Waals surface area (Å²) in [5.74, 6) is -1.26. The van der Waals surface area contributed by atoms with E-state index in [0.29, 0.717) is 16.7 Å². The number of hydrogen-bond donors (Lipinski definition) is 1. The van der Waals surface area contributed by atoms with Crippen molar-refractivity contribution >= 4 is 23.2 Å². The molecule has 2 atom stereocenters. The second kappa shape index (κ2) is 9.20. The minimum Gasteiger partial charge on any atom is -0.484 e. The number of halogens is 3. The van der Waals surface area contributed by atoms with E-state index in [1.54, 1.807) is 44.4 Å². The van der Waals surface area contributed by atoms with Gasteiger partial charge in [-0.25, -0.2) is 18.4 Å². The predicted octanol–water partition coefficient (Wildman–Crippen LogP) is 3.46. The molecule has 6 nitrogen and oxygen atoms in total. The van der Waals surface area contributed by atoms with E-state index in [9.17, 15) is 18.1 Å². The highest BCUT2D eigenvalue weighted by molar-refractivity contribution is 7.84. The molecule has 3 aromatic rings. The van der Waals surface area contributed by atoms with Crippen LogP contribution in [0.5, 0.6) is 5.75 Å². The Hall–Kier alpha value is -2.36. The highest BCUT2D eigenvalue weighted by atomic mass is 35.5. The van der Waals surface area contributed by atoms with Crippen LogP contribution in [-0.4, -0.2) is 35.9 Å². The Morgan fingerprint density at radius 3 is 2.37 bits per heavy atom. The van der Waals surface area contributed by atoms with E-state index in [4.69, 9.17) is 4.74 Å². The third-order valence-corrected chi connectivity index (χ3v) is 5.69. The molecule has 1 N–H and O–H groups in total. The van der Waals surface area contributed by atoms with Crippen LogP contribution >= 0.6 is 12.4 Å². The first kappa shape index (κ1) is 23.9. The molecule has 0 fully saturated rings. The number of nitrogens with zero attached hydrogens (tertiary/aromatic N) is 3. The second-order valence-electron chi connectivity index (χ2n) is 7.12. The van der Waals surface area contributed by atoms with E-state index in [0.717, 1.165) is 6.07 Å². The van der Waals surface area contributed by atoms with Gasteiger partial charge in [0.15, 0.2) is 5.60 Å². The molecule has 0 radical (unpaired) electrons.